The van der Waals surface area contributed by atoms with E-state index >= 15 is 0 Å². The molecule has 0 amide bonds. The molecule has 1 fully saturated rings. The topological polar surface area (TPSA) is 86.6 Å². The molecule has 1 aliphatic heterocycles. The van der Waals surface area contributed by atoms with Gasteiger partial charge in [-0.05, 0) is 31.0 Å². The van der Waals surface area contributed by atoms with Gasteiger partial charge in [-0.1, -0.05) is 13.8 Å². The van der Waals surface area contributed by atoms with Crippen LogP contribution in [-0.2, 0) is 16.4 Å². The van der Waals surface area contributed by atoms with Crippen LogP contribution in [0.2, 0.25) is 0 Å². The molecule has 1 aliphatic rings. The average molecular weight is 423 g/mol. The van der Waals surface area contributed by atoms with Crippen molar-refractivity contribution in [1.82, 2.24) is 9.97 Å². The molecule has 0 unspecified atom stereocenters. The van der Waals surface area contributed by atoms with E-state index in [0.717, 1.165) is 11.9 Å². The first-order valence-corrected chi connectivity index (χ1v) is 11.5. The van der Waals surface area contributed by atoms with Crippen molar-refractivity contribution in [1.29, 1.82) is 0 Å². The van der Waals surface area contributed by atoms with E-state index in [4.69, 9.17) is 0 Å². The Morgan fingerprint density at radius 1 is 1.31 bits per heavy atom. The lowest BCUT2D eigenvalue weighted by molar-refractivity contribution is 0.280. The van der Waals surface area contributed by atoms with Gasteiger partial charge in [-0.3, -0.25) is 0 Å². The molecule has 3 rings (SSSR count). The van der Waals surface area contributed by atoms with E-state index in [0.29, 0.717) is 36.8 Å². The minimum atomic E-state index is -3.64. The number of halogens is 1. The van der Waals surface area contributed by atoms with Crippen molar-refractivity contribution in [2.24, 2.45) is 5.92 Å². The van der Waals surface area contributed by atoms with Crippen molar-refractivity contribution in [3.8, 4) is 0 Å². The maximum absolute atomic E-state index is 14.0. The van der Waals surface area contributed by atoms with Crippen LogP contribution in [0, 0.1) is 18.7 Å². The highest BCUT2D eigenvalue weighted by Gasteiger charge is 2.32. The zero-order valence-corrected chi connectivity index (χ0v) is 17.9. The number of hydrogen-bond donors (Lipinski definition) is 1. The van der Waals surface area contributed by atoms with Crippen LogP contribution in [0.5, 0.6) is 0 Å². The van der Waals surface area contributed by atoms with Gasteiger partial charge in [0.15, 0.2) is 9.84 Å². The van der Waals surface area contributed by atoms with Gasteiger partial charge in [0.1, 0.15) is 10.7 Å². The van der Waals surface area contributed by atoms with Crippen LogP contribution in [0.1, 0.15) is 25.1 Å². The largest absolute Gasteiger partial charge is 0.392 e. The van der Waals surface area contributed by atoms with Crippen LogP contribution >= 0.6 is 0 Å². The van der Waals surface area contributed by atoms with Gasteiger partial charge in [0.2, 0.25) is 5.95 Å². The van der Waals surface area contributed by atoms with Crippen LogP contribution in [0.15, 0.2) is 29.3 Å². The number of anilines is 2. The maximum Gasteiger partial charge on any atom is 0.225 e. The Balaban J connectivity index is 1.89. The first-order chi connectivity index (χ1) is 13.6. The lowest BCUT2D eigenvalue weighted by Gasteiger charge is -2.44. The summed E-state index contributed by atoms with van der Waals surface area (Å²) < 4.78 is 37.7. The van der Waals surface area contributed by atoms with Crippen LogP contribution in [0.25, 0.3) is 0 Å². The molecule has 7 nitrogen and oxygen atoms in total. The van der Waals surface area contributed by atoms with E-state index in [2.05, 4.69) is 33.6 Å². The molecule has 158 valence electrons. The molecular weight excluding hydrogens is 395 g/mol. The Morgan fingerprint density at radius 2 is 2.03 bits per heavy atom. The molecule has 0 radical (unpaired) electrons. The summed E-state index contributed by atoms with van der Waals surface area (Å²) in [7, 11) is -3.64. The predicted molar refractivity (Wildman–Crippen MR) is 110 cm³/mol. The number of aryl methyl sites for hydroxylation is 1. The molecule has 29 heavy (non-hydrogen) atoms. The molecule has 1 aromatic heterocycles. The number of piperazine rings is 1. The van der Waals surface area contributed by atoms with Crippen LogP contribution in [0.3, 0.4) is 0 Å². The molecule has 0 aliphatic carbocycles. The van der Waals surface area contributed by atoms with Gasteiger partial charge in [-0.15, -0.1) is 0 Å². The second-order valence-electron chi connectivity index (χ2n) is 7.78. The Morgan fingerprint density at radius 3 is 2.62 bits per heavy atom. The summed E-state index contributed by atoms with van der Waals surface area (Å²) in [6, 6.07) is 4.33. The standard InChI is InChI=1S/C20H27FN4O3S/c1-13(2)18-11-24(16-5-6-17(21)19(9-16)29(4,27)28)7-8-25(18)20-22-10-15(12-26)14(3)23-20/h5-6,9-10,13,18,26H,7-8,11-12H2,1-4H3/t18-/m0/s1. The lowest BCUT2D eigenvalue weighted by Crippen LogP contribution is -2.56. The number of aliphatic hydroxyl groups is 1. The number of hydrogen-bond acceptors (Lipinski definition) is 7. The summed E-state index contributed by atoms with van der Waals surface area (Å²) in [4.78, 5) is 12.9. The number of rotatable bonds is 5. The average Bonchev–Trinajstić information content (AvgIpc) is 2.67. The summed E-state index contributed by atoms with van der Waals surface area (Å²) >= 11 is 0. The molecule has 0 bridgehead atoms. The van der Waals surface area contributed by atoms with Gasteiger partial charge in [0.05, 0.1) is 12.6 Å². The van der Waals surface area contributed by atoms with Crippen molar-refractivity contribution in [3.05, 3.63) is 41.5 Å². The van der Waals surface area contributed by atoms with Gasteiger partial charge in [0, 0.05) is 49.0 Å². The van der Waals surface area contributed by atoms with E-state index in [1.807, 2.05) is 6.92 Å². The second kappa shape index (κ2) is 8.23. The van der Waals surface area contributed by atoms with Gasteiger partial charge < -0.3 is 14.9 Å². The van der Waals surface area contributed by atoms with Crippen molar-refractivity contribution >= 4 is 21.5 Å². The summed E-state index contributed by atoms with van der Waals surface area (Å²) in [6.07, 6.45) is 2.67. The quantitative estimate of drug-likeness (QED) is 0.790. The van der Waals surface area contributed by atoms with E-state index in [1.54, 1.807) is 12.3 Å². The number of nitrogens with zero attached hydrogens (tertiary/aromatic N) is 4. The number of aromatic nitrogens is 2. The van der Waals surface area contributed by atoms with Gasteiger partial charge in [-0.2, -0.15) is 0 Å². The van der Waals surface area contributed by atoms with Gasteiger partial charge in [0.25, 0.3) is 0 Å². The molecule has 1 saturated heterocycles. The minimum Gasteiger partial charge on any atom is -0.392 e. The van der Waals surface area contributed by atoms with Gasteiger partial charge in [-0.25, -0.2) is 22.8 Å². The molecule has 2 heterocycles. The monoisotopic (exact) mass is 422 g/mol. The molecule has 2 aromatic rings. The smallest absolute Gasteiger partial charge is 0.225 e. The second-order valence-corrected chi connectivity index (χ2v) is 9.76. The van der Waals surface area contributed by atoms with Crippen molar-refractivity contribution in [2.75, 3.05) is 35.7 Å². The molecule has 0 saturated carbocycles. The zero-order valence-electron chi connectivity index (χ0n) is 17.1. The zero-order chi connectivity index (χ0) is 21.3. The number of aliphatic hydroxyl groups excluding tert-OH is 1. The van der Waals surface area contributed by atoms with E-state index < -0.39 is 15.7 Å². The normalized spacial score (nSPS) is 17.8. The summed E-state index contributed by atoms with van der Waals surface area (Å²) in [5.41, 5.74) is 2.14. The highest BCUT2D eigenvalue weighted by Crippen LogP contribution is 2.28. The van der Waals surface area contributed by atoms with Crippen LogP contribution < -0.4 is 9.80 Å². The Labute approximate surface area is 171 Å². The van der Waals surface area contributed by atoms with Crippen LogP contribution in [0.4, 0.5) is 16.0 Å². The molecular formula is C20H27FN4O3S. The fraction of sp³-hybridized carbons (Fsp3) is 0.500. The summed E-state index contributed by atoms with van der Waals surface area (Å²) in [5, 5.41) is 9.35. The summed E-state index contributed by atoms with van der Waals surface area (Å²) in [6.45, 7) is 7.89. The number of sulfone groups is 1. The molecule has 0 spiro atoms. The third kappa shape index (κ3) is 4.51. The van der Waals surface area contributed by atoms with Crippen molar-refractivity contribution in [2.45, 2.75) is 38.3 Å². The van der Waals surface area contributed by atoms with Crippen molar-refractivity contribution in [3.63, 3.8) is 0 Å². The highest BCUT2D eigenvalue weighted by molar-refractivity contribution is 7.90. The van der Waals surface area contributed by atoms with E-state index in [1.165, 1.54) is 12.1 Å². The van der Waals surface area contributed by atoms with E-state index in [9.17, 15) is 17.9 Å². The Kier molecular flexibility index (Phi) is 6.09. The minimum absolute atomic E-state index is 0.0925. The summed E-state index contributed by atoms with van der Waals surface area (Å²) in [5.74, 6) is 0.172. The first-order valence-electron chi connectivity index (χ1n) is 9.56. The predicted octanol–water partition coefficient (Wildman–Crippen LogP) is 2.17. The van der Waals surface area contributed by atoms with Crippen LogP contribution in [-0.4, -0.2) is 55.4 Å². The lowest BCUT2D eigenvalue weighted by atomic mass is 9.99. The molecule has 1 atom stereocenters. The molecule has 9 heteroatoms. The fourth-order valence-corrected chi connectivity index (χ4v) is 4.37. The third-order valence-electron chi connectivity index (χ3n) is 5.36. The molecule has 1 N–H and O–H groups in total. The number of benzene rings is 1. The van der Waals surface area contributed by atoms with Gasteiger partial charge >= 0.3 is 0 Å². The maximum atomic E-state index is 14.0. The first kappa shape index (κ1) is 21.4. The molecule has 1 aromatic carbocycles. The highest BCUT2D eigenvalue weighted by atomic mass is 32.2. The SMILES string of the molecule is Cc1nc(N2CCN(c3ccc(F)c(S(C)(=O)=O)c3)C[C@H]2C(C)C)ncc1CO. The Hall–Kier alpha value is -2.26. The Bertz CT molecular complexity index is 997. The fourth-order valence-electron chi connectivity index (χ4n) is 3.61. The third-order valence-corrected chi connectivity index (χ3v) is 6.47. The van der Waals surface area contributed by atoms with E-state index in [-0.39, 0.29) is 23.5 Å². The van der Waals surface area contributed by atoms with Crippen molar-refractivity contribution < 1.29 is 17.9 Å².